The molecule has 0 spiro atoms. The Balaban J connectivity index is 1.70. The molecule has 0 radical (unpaired) electrons. The van der Waals surface area contributed by atoms with E-state index >= 15 is 0 Å². The molecule has 7 nitrogen and oxygen atoms in total. The molecule has 0 unspecified atom stereocenters. The number of carbonyl (C=O) groups excluding carboxylic acids is 1. The minimum atomic E-state index is -3.53. The van der Waals surface area contributed by atoms with E-state index in [0.29, 0.717) is 17.8 Å². The van der Waals surface area contributed by atoms with Gasteiger partial charge in [0.1, 0.15) is 0 Å². The van der Waals surface area contributed by atoms with Crippen molar-refractivity contribution in [2.24, 2.45) is 0 Å². The predicted octanol–water partition coefficient (Wildman–Crippen LogP) is 2.42. The van der Waals surface area contributed by atoms with E-state index in [0.717, 1.165) is 5.69 Å². The molecule has 0 atom stereocenters. The summed E-state index contributed by atoms with van der Waals surface area (Å²) < 4.78 is 28.0. The fraction of sp³-hybridized carbons (Fsp3) is 0.111. The molecule has 0 saturated carbocycles. The number of hydrogen-bond donors (Lipinski definition) is 2. The van der Waals surface area contributed by atoms with Crippen molar-refractivity contribution in [1.29, 1.82) is 0 Å². The van der Waals surface area contributed by atoms with E-state index in [1.54, 1.807) is 29.9 Å². The van der Waals surface area contributed by atoms with Gasteiger partial charge in [-0.1, -0.05) is 6.92 Å². The molecule has 8 heteroatoms. The topological polar surface area (TPSA) is 93.1 Å². The van der Waals surface area contributed by atoms with E-state index in [1.165, 1.54) is 24.3 Å². The minimum absolute atomic E-state index is 0.125. The molecule has 0 bridgehead atoms. The molecule has 0 saturated heterocycles. The zero-order valence-corrected chi connectivity index (χ0v) is 14.9. The van der Waals surface area contributed by atoms with E-state index in [9.17, 15) is 13.2 Å². The van der Waals surface area contributed by atoms with Crippen molar-refractivity contribution in [3.8, 4) is 5.69 Å². The van der Waals surface area contributed by atoms with Crippen molar-refractivity contribution in [1.82, 2.24) is 14.5 Å². The molecule has 1 heterocycles. The Labute approximate surface area is 151 Å². The molecule has 26 heavy (non-hydrogen) atoms. The predicted molar refractivity (Wildman–Crippen MR) is 98.8 cm³/mol. The van der Waals surface area contributed by atoms with Gasteiger partial charge in [-0.05, 0) is 54.6 Å². The van der Waals surface area contributed by atoms with Crippen molar-refractivity contribution in [2.75, 3.05) is 11.9 Å². The number of carbonyl (C=O) groups is 1. The lowest BCUT2D eigenvalue weighted by atomic mass is 10.2. The third kappa shape index (κ3) is 3.98. The Bertz CT molecular complexity index is 980. The maximum absolute atomic E-state index is 12.3. The summed E-state index contributed by atoms with van der Waals surface area (Å²) in [5.41, 5.74) is 1.89. The van der Waals surface area contributed by atoms with Gasteiger partial charge in [-0.25, -0.2) is 17.8 Å². The standard InChI is InChI=1S/C18H18N4O3S/c1-2-20-26(24,25)17-10-4-14(5-11-17)18(23)21-15-6-8-16(9-7-15)22-13-3-12-19-22/h3-13,20H,2H2,1H3,(H,21,23). The van der Waals surface area contributed by atoms with E-state index in [2.05, 4.69) is 15.1 Å². The summed E-state index contributed by atoms with van der Waals surface area (Å²) in [6.45, 7) is 2.01. The smallest absolute Gasteiger partial charge is 0.255 e. The van der Waals surface area contributed by atoms with Gasteiger partial charge in [0, 0.05) is 30.2 Å². The van der Waals surface area contributed by atoms with Crippen molar-refractivity contribution >= 4 is 21.6 Å². The number of rotatable bonds is 6. The molecule has 0 fully saturated rings. The normalized spacial score (nSPS) is 11.3. The Morgan fingerprint density at radius 3 is 2.35 bits per heavy atom. The maximum atomic E-state index is 12.3. The average molecular weight is 370 g/mol. The second-order valence-electron chi connectivity index (χ2n) is 5.48. The highest BCUT2D eigenvalue weighted by Crippen LogP contribution is 2.15. The van der Waals surface area contributed by atoms with Gasteiger partial charge < -0.3 is 5.32 Å². The van der Waals surface area contributed by atoms with Crippen LogP contribution in [0.2, 0.25) is 0 Å². The fourth-order valence-corrected chi connectivity index (χ4v) is 3.42. The van der Waals surface area contributed by atoms with Crippen LogP contribution in [0.4, 0.5) is 5.69 Å². The first kappa shape index (κ1) is 17.8. The van der Waals surface area contributed by atoms with Crippen molar-refractivity contribution < 1.29 is 13.2 Å². The van der Waals surface area contributed by atoms with Crippen LogP contribution in [-0.2, 0) is 10.0 Å². The highest BCUT2D eigenvalue weighted by molar-refractivity contribution is 7.89. The molecule has 2 N–H and O–H groups in total. The Hall–Kier alpha value is -2.97. The molecule has 134 valence electrons. The average Bonchev–Trinajstić information content (AvgIpc) is 3.17. The number of aromatic nitrogens is 2. The zero-order valence-electron chi connectivity index (χ0n) is 14.1. The summed E-state index contributed by atoms with van der Waals surface area (Å²) in [5, 5.41) is 6.92. The lowest BCUT2D eigenvalue weighted by Gasteiger charge is -2.08. The van der Waals surface area contributed by atoms with Crippen LogP contribution in [0.3, 0.4) is 0 Å². The number of benzene rings is 2. The second kappa shape index (κ2) is 7.51. The van der Waals surface area contributed by atoms with E-state index in [-0.39, 0.29) is 10.8 Å². The van der Waals surface area contributed by atoms with E-state index < -0.39 is 10.0 Å². The molecule has 0 aliphatic carbocycles. The Kier molecular flexibility index (Phi) is 5.15. The molecule has 2 aromatic carbocycles. The monoisotopic (exact) mass is 370 g/mol. The molecular formula is C18H18N4O3S. The summed E-state index contributed by atoms with van der Waals surface area (Å²) in [6.07, 6.45) is 3.52. The van der Waals surface area contributed by atoms with Gasteiger partial charge in [0.25, 0.3) is 5.91 Å². The summed E-state index contributed by atoms with van der Waals surface area (Å²) in [7, 11) is -3.53. The van der Waals surface area contributed by atoms with Crippen LogP contribution in [0.15, 0.2) is 71.9 Å². The molecule has 3 aromatic rings. The van der Waals surface area contributed by atoms with Crippen LogP contribution in [-0.4, -0.2) is 30.7 Å². The summed E-state index contributed by atoms with van der Waals surface area (Å²) in [4.78, 5) is 12.4. The van der Waals surface area contributed by atoms with E-state index in [4.69, 9.17) is 0 Å². The van der Waals surface area contributed by atoms with Crippen LogP contribution in [0.25, 0.3) is 5.69 Å². The summed E-state index contributed by atoms with van der Waals surface area (Å²) in [5.74, 6) is -0.316. The van der Waals surface area contributed by atoms with Crippen LogP contribution in [0, 0.1) is 0 Å². The number of hydrogen-bond acceptors (Lipinski definition) is 4. The minimum Gasteiger partial charge on any atom is -0.322 e. The lowest BCUT2D eigenvalue weighted by Crippen LogP contribution is -2.23. The molecule has 1 amide bonds. The molecule has 0 aliphatic heterocycles. The summed E-state index contributed by atoms with van der Waals surface area (Å²) in [6, 6.07) is 14.9. The second-order valence-corrected chi connectivity index (χ2v) is 7.24. The number of sulfonamides is 1. The maximum Gasteiger partial charge on any atom is 0.255 e. The molecule has 3 rings (SSSR count). The van der Waals surface area contributed by atoms with Crippen LogP contribution in [0.1, 0.15) is 17.3 Å². The van der Waals surface area contributed by atoms with Gasteiger partial charge in [0.05, 0.1) is 10.6 Å². The first-order valence-corrected chi connectivity index (χ1v) is 9.49. The van der Waals surface area contributed by atoms with Crippen molar-refractivity contribution in [3.05, 3.63) is 72.6 Å². The van der Waals surface area contributed by atoms with Gasteiger partial charge >= 0.3 is 0 Å². The fourth-order valence-electron chi connectivity index (χ4n) is 2.38. The first-order valence-electron chi connectivity index (χ1n) is 8.01. The van der Waals surface area contributed by atoms with Crippen molar-refractivity contribution in [2.45, 2.75) is 11.8 Å². The van der Waals surface area contributed by atoms with Gasteiger partial charge in [-0.15, -0.1) is 0 Å². The van der Waals surface area contributed by atoms with Gasteiger partial charge in [-0.2, -0.15) is 5.10 Å². The zero-order chi connectivity index (χ0) is 18.6. The van der Waals surface area contributed by atoms with E-state index in [1.807, 2.05) is 24.4 Å². The molecular weight excluding hydrogens is 352 g/mol. The lowest BCUT2D eigenvalue weighted by molar-refractivity contribution is 0.102. The third-order valence-electron chi connectivity index (χ3n) is 3.66. The SMILES string of the molecule is CCNS(=O)(=O)c1ccc(C(=O)Nc2ccc(-n3cccn3)cc2)cc1. The Morgan fingerprint density at radius 1 is 1.08 bits per heavy atom. The number of amides is 1. The quantitative estimate of drug-likeness (QED) is 0.697. The Morgan fingerprint density at radius 2 is 1.77 bits per heavy atom. The molecule has 1 aromatic heterocycles. The van der Waals surface area contributed by atoms with Gasteiger partial charge in [0.2, 0.25) is 10.0 Å². The van der Waals surface area contributed by atoms with Gasteiger partial charge in [0.15, 0.2) is 0 Å². The van der Waals surface area contributed by atoms with Crippen molar-refractivity contribution in [3.63, 3.8) is 0 Å². The van der Waals surface area contributed by atoms with Crippen LogP contribution < -0.4 is 10.0 Å². The van der Waals surface area contributed by atoms with Gasteiger partial charge in [-0.3, -0.25) is 4.79 Å². The highest BCUT2D eigenvalue weighted by atomic mass is 32.2. The molecule has 0 aliphatic rings. The largest absolute Gasteiger partial charge is 0.322 e. The number of anilines is 1. The number of nitrogens with zero attached hydrogens (tertiary/aromatic N) is 2. The third-order valence-corrected chi connectivity index (χ3v) is 5.22. The van der Waals surface area contributed by atoms with Crippen LogP contribution in [0.5, 0.6) is 0 Å². The number of nitrogens with one attached hydrogen (secondary N) is 2. The first-order chi connectivity index (χ1) is 12.5. The van der Waals surface area contributed by atoms with Crippen LogP contribution >= 0.6 is 0 Å². The summed E-state index contributed by atoms with van der Waals surface area (Å²) >= 11 is 0. The highest BCUT2D eigenvalue weighted by Gasteiger charge is 2.13.